The number of hydrogen-bond acceptors (Lipinski definition) is 15. The van der Waals surface area contributed by atoms with Crippen LogP contribution in [0.15, 0.2) is 69.6 Å². The van der Waals surface area contributed by atoms with Gasteiger partial charge in [-0.2, -0.15) is 27.5 Å². The first-order valence-corrected chi connectivity index (χ1v) is 23.4. The molecule has 1 aromatic heterocycles. The predicted molar refractivity (Wildman–Crippen MR) is 229 cm³/mol. The lowest BCUT2D eigenvalue weighted by Gasteiger charge is -2.16. The first-order chi connectivity index (χ1) is 31.2. The Kier molecular flexibility index (Phi) is 20.2. The summed E-state index contributed by atoms with van der Waals surface area (Å²) in [6.45, 7) is -3.76. The van der Waals surface area contributed by atoms with Crippen molar-refractivity contribution in [2.75, 3.05) is 29.7 Å². The topological polar surface area (TPSA) is 321 Å². The van der Waals surface area contributed by atoms with E-state index in [1.165, 1.54) is 34.5 Å². The van der Waals surface area contributed by atoms with Crippen molar-refractivity contribution in [2.45, 2.75) is 63.2 Å². The van der Waals surface area contributed by atoms with Crippen LogP contribution in [0.4, 0.5) is 34.0 Å². The largest absolute Gasteiger partial charge is 0.480 e. The maximum atomic E-state index is 12.7. The van der Waals surface area contributed by atoms with Crippen molar-refractivity contribution in [1.29, 1.82) is 0 Å². The minimum absolute atomic E-state index is 0.0412. The number of carbonyl (C=O) groups is 6. The Hall–Kier alpha value is -6.18. The van der Waals surface area contributed by atoms with E-state index >= 15 is 0 Å². The molecule has 2 aliphatic rings. The summed E-state index contributed by atoms with van der Waals surface area (Å²) in [6.07, 6.45) is 4.45. The lowest BCUT2D eigenvalue weighted by atomic mass is 9.93. The zero-order valence-corrected chi connectivity index (χ0v) is 37.9. The van der Waals surface area contributed by atoms with Crippen LogP contribution in [0.1, 0.15) is 54.9 Å². The number of benzene rings is 2. The molecule has 0 saturated carbocycles. The number of nitrogens with zero attached hydrogens (tertiary/aromatic N) is 3. The first kappa shape index (κ1) is 55.1. The van der Waals surface area contributed by atoms with Crippen molar-refractivity contribution in [3.8, 4) is 11.8 Å². The van der Waals surface area contributed by atoms with Crippen LogP contribution in [0.3, 0.4) is 0 Å². The van der Waals surface area contributed by atoms with E-state index < -0.39 is 88.8 Å². The molecule has 21 nitrogen and oxygen atoms in total. The average Bonchev–Trinajstić information content (AvgIpc) is 3.48. The van der Waals surface area contributed by atoms with Crippen molar-refractivity contribution in [1.82, 2.24) is 14.7 Å². The molecule has 0 saturated heterocycles. The SMILES string of the molecule is CCOC(=O)/C(Cl)=C/c1cc(N2C(=O)C3=C(CCCC3)C2=O)ccc1Cl.CP(=O)(O)CCC(N)C(=O)O.O=C(Nc1nc(OC(F)F)cc(OC(F)F)n1)NS(=O)(=O)c1ccccc1C(=O)O. The van der Waals surface area contributed by atoms with Gasteiger partial charge in [0.05, 0.1) is 23.9 Å². The normalized spacial score (nSPS) is 15.0. The van der Waals surface area contributed by atoms with E-state index in [0.29, 0.717) is 46.3 Å². The van der Waals surface area contributed by atoms with E-state index in [-0.39, 0.29) is 36.0 Å². The molecule has 67 heavy (non-hydrogen) atoms. The summed E-state index contributed by atoms with van der Waals surface area (Å²) in [5.74, 6) is -6.82. The van der Waals surface area contributed by atoms with Crippen LogP contribution in [0, 0.1) is 0 Å². The smallest absolute Gasteiger partial charge is 0.388 e. The summed E-state index contributed by atoms with van der Waals surface area (Å²) in [5.41, 5.74) is 6.49. The summed E-state index contributed by atoms with van der Waals surface area (Å²) in [4.78, 5) is 85.9. The Morgan fingerprint density at radius 1 is 0.955 bits per heavy atom. The molecule has 7 N–H and O–H groups in total. The molecule has 0 bridgehead atoms. The molecule has 1 aliphatic carbocycles. The fourth-order valence-corrected chi connectivity index (χ4v) is 7.81. The van der Waals surface area contributed by atoms with Crippen molar-refractivity contribution < 1.29 is 88.6 Å². The number of anilines is 2. The van der Waals surface area contributed by atoms with Crippen LogP contribution in [0.25, 0.3) is 6.08 Å². The summed E-state index contributed by atoms with van der Waals surface area (Å²) < 4.78 is 98.5. The standard InChI is InChI=1S/C19H17Cl2NO4.C14H10F4N4O7S.C5H12NO4P/c1-2-26-19(25)16(21)10-11-9-12(7-8-15(11)20)22-17(23)13-5-3-4-6-14(13)18(22)24;15-11(16)28-8-5-9(29-12(17)18)20-13(19-8)21-14(25)22-30(26,27)7-4-2-1-3-6(7)10(23)24;1-11(9,10)3-2-4(6)5(7)8/h7-10H,2-6H2,1H3;1-5,11-12H,(H,23,24)(H2,19,20,21,22,25);4H,2-3,6H2,1H3,(H,7,8)(H,9,10)/b16-10-;;. The van der Waals surface area contributed by atoms with Gasteiger partial charge in [0.15, 0.2) is 7.37 Å². The number of aliphatic carboxylic acids is 1. The highest BCUT2D eigenvalue weighted by molar-refractivity contribution is 7.90. The Bertz CT molecular complexity index is 2550. The molecule has 1 aliphatic heterocycles. The molecule has 3 aromatic rings. The average molecular weight is 1030 g/mol. The van der Waals surface area contributed by atoms with Crippen molar-refractivity contribution in [2.24, 2.45) is 5.73 Å². The summed E-state index contributed by atoms with van der Waals surface area (Å²) >= 11 is 12.1. The van der Waals surface area contributed by atoms with Crippen LogP contribution in [-0.4, -0.2) is 108 Å². The van der Waals surface area contributed by atoms with Gasteiger partial charge in [0.2, 0.25) is 17.7 Å². The zero-order chi connectivity index (χ0) is 50.4. The van der Waals surface area contributed by atoms with Crippen LogP contribution < -0.4 is 30.1 Å². The Morgan fingerprint density at radius 2 is 1.51 bits per heavy atom. The van der Waals surface area contributed by atoms with E-state index in [0.717, 1.165) is 25.0 Å². The Labute approximate surface area is 387 Å². The molecular formula is C38H39Cl2F4N6O15PS. The van der Waals surface area contributed by atoms with E-state index in [2.05, 4.69) is 19.4 Å². The van der Waals surface area contributed by atoms with E-state index in [9.17, 15) is 59.3 Å². The van der Waals surface area contributed by atoms with Crippen LogP contribution in [-0.2, 0) is 38.5 Å². The van der Waals surface area contributed by atoms with E-state index in [1.54, 1.807) is 30.4 Å². The maximum Gasteiger partial charge on any atom is 0.388 e. The Morgan fingerprint density at radius 3 is 2.00 bits per heavy atom. The number of esters is 1. The zero-order valence-electron chi connectivity index (χ0n) is 34.7. The number of nitrogens with two attached hydrogens (primary N) is 1. The van der Waals surface area contributed by atoms with Gasteiger partial charge in [-0.3, -0.25) is 24.3 Å². The number of imide groups is 1. The number of sulfonamides is 1. The highest BCUT2D eigenvalue weighted by Gasteiger charge is 2.40. The number of urea groups is 1. The summed E-state index contributed by atoms with van der Waals surface area (Å²) in [7, 11) is -7.82. The third kappa shape index (κ3) is 16.9. The first-order valence-electron chi connectivity index (χ1n) is 18.9. The number of aromatic carboxylic acids is 1. The highest BCUT2D eigenvalue weighted by atomic mass is 35.5. The van der Waals surface area contributed by atoms with Gasteiger partial charge in [0.25, 0.3) is 21.8 Å². The van der Waals surface area contributed by atoms with E-state index in [1.807, 2.05) is 0 Å². The molecule has 29 heteroatoms. The second-order valence-corrected chi connectivity index (χ2v) is 18.5. The van der Waals surface area contributed by atoms with Gasteiger partial charge in [-0.05, 0) is 81.0 Å². The number of aromatic nitrogens is 2. The van der Waals surface area contributed by atoms with Gasteiger partial charge in [-0.25, -0.2) is 32.4 Å². The van der Waals surface area contributed by atoms with Gasteiger partial charge < -0.3 is 35.1 Å². The number of alkyl halides is 4. The number of ether oxygens (including phenoxy) is 3. The molecule has 0 radical (unpaired) electrons. The number of hydrogen-bond donors (Lipinski definition) is 6. The number of halogens is 6. The molecule has 364 valence electrons. The van der Waals surface area contributed by atoms with Gasteiger partial charge in [-0.1, -0.05) is 35.3 Å². The van der Waals surface area contributed by atoms with Gasteiger partial charge in [0, 0.05) is 29.0 Å². The van der Waals surface area contributed by atoms with Crippen molar-refractivity contribution >= 4 is 94.1 Å². The minimum Gasteiger partial charge on any atom is -0.480 e. The molecule has 2 heterocycles. The lowest BCUT2D eigenvalue weighted by molar-refractivity contribution is -0.139. The maximum absolute atomic E-state index is 12.7. The molecule has 2 aromatic carbocycles. The lowest BCUT2D eigenvalue weighted by Crippen LogP contribution is -2.35. The predicted octanol–water partition coefficient (Wildman–Crippen LogP) is 5.80. The van der Waals surface area contributed by atoms with Crippen molar-refractivity contribution in [3.05, 3.63) is 80.9 Å². The van der Waals surface area contributed by atoms with Crippen LogP contribution in [0.5, 0.6) is 11.8 Å². The number of amides is 4. The Balaban J connectivity index is 0.000000293. The quantitative estimate of drug-likeness (QED) is 0.0324. The molecular weight excluding hydrogens is 990 g/mol. The van der Waals surface area contributed by atoms with Gasteiger partial charge in [-0.15, -0.1) is 0 Å². The van der Waals surface area contributed by atoms with Gasteiger partial charge >= 0.3 is 37.2 Å². The summed E-state index contributed by atoms with van der Waals surface area (Å²) in [6, 6.07) is 6.93. The number of carboxylic acids is 2. The number of rotatable bonds is 16. The number of carboxylic acid groups (broad SMARTS) is 2. The third-order valence-corrected chi connectivity index (χ3v) is 11.6. The highest BCUT2D eigenvalue weighted by Crippen LogP contribution is 2.37. The molecule has 2 unspecified atom stereocenters. The second kappa shape index (κ2) is 24.5. The molecule has 0 spiro atoms. The fraction of sp³-hybridized carbons (Fsp3) is 0.316. The van der Waals surface area contributed by atoms with Gasteiger partial charge in [0.1, 0.15) is 16.0 Å². The second-order valence-electron chi connectivity index (χ2n) is 13.5. The van der Waals surface area contributed by atoms with Crippen LogP contribution in [0.2, 0.25) is 5.02 Å². The molecule has 4 amide bonds. The fourth-order valence-electron chi connectivity index (χ4n) is 5.60. The molecule has 5 rings (SSSR count). The van der Waals surface area contributed by atoms with E-state index in [4.69, 9.17) is 48.8 Å². The molecule has 0 fully saturated rings. The number of carbonyl (C=O) groups excluding carboxylic acids is 4. The third-order valence-electron chi connectivity index (χ3n) is 8.51. The summed E-state index contributed by atoms with van der Waals surface area (Å²) in [5, 5.41) is 19.2. The minimum atomic E-state index is -4.71. The monoisotopic (exact) mass is 1030 g/mol. The van der Waals surface area contributed by atoms with Crippen molar-refractivity contribution in [3.63, 3.8) is 0 Å². The molecule has 2 atom stereocenters. The number of nitrogens with one attached hydrogen (secondary N) is 2. The van der Waals surface area contributed by atoms with Crippen LogP contribution >= 0.6 is 30.6 Å².